The molecule has 0 aliphatic carbocycles. The van der Waals surface area contributed by atoms with Crippen molar-refractivity contribution >= 4 is 11.6 Å². The predicted octanol–water partition coefficient (Wildman–Crippen LogP) is 1.12. The highest BCUT2D eigenvalue weighted by atomic mass is 16.5. The molecule has 2 heterocycles. The summed E-state index contributed by atoms with van der Waals surface area (Å²) in [4.78, 5) is 12.1. The van der Waals surface area contributed by atoms with Gasteiger partial charge < -0.3 is 10.1 Å². The molecule has 0 aromatic carbocycles. The number of carbonyl (C=O) groups is 1. The molecule has 19 heavy (non-hydrogen) atoms. The van der Waals surface area contributed by atoms with E-state index in [1.54, 1.807) is 31.1 Å². The summed E-state index contributed by atoms with van der Waals surface area (Å²) >= 11 is 0. The third-order valence-electron chi connectivity index (χ3n) is 2.77. The Morgan fingerprint density at radius 3 is 2.95 bits per heavy atom. The number of anilines is 1. The topological polar surface area (TPSA) is 84.8 Å². The van der Waals surface area contributed by atoms with Gasteiger partial charge in [0.25, 0.3) is 5.91 Å². The fourth-order valence-electron chi connectivity index (χ4n) is 1.81. The van der Waals surface area contributed by atoms with Crippen LogP contribution in [0.4, 0.5) is 5.69 Å². The molecule has 7 heteroatoms. The van der Waals surface area contributed by atoms with E-state index in [1.807, 2.05) is 6.92 Å². The lowest BCUT2D eigenvalue weighted by atomic mass is 10.2. The third-order valence-corrected chi connectivity index (χ3v) is 2.77. The monoisotopic (exact) mass is 263 g/mol. The van der Waals surface area contributed by atoms with E-state index in [2.05, 4.69) is 20.6 Å². The number of carbonyl (C=O) groups excluding carboxylic acids is 1. The average molecular weight is 263 g/mol. The number of ether oxygens (including phenoxy) is 1. The van der Waals surface area contributed by atoms with Crippen molar-refractivity contribution in [2.45, 2.75) is 20.4 Å². The summed E-state index contributed by atoms with van der Waals surface area (Å²) in [6.07, 6.45) is 3.37. The van der Waals surface area contributed by atoms with Gasteiger partial charge in [-0.25, -0.2) is 0 Å². The van der Waals surface area contributed by atoms with Crippen LogP contribution in [0.2, 0.25) is 0 Å². The normalized spacial score (nSPS) is 10.7. The fraction of sp³-hybridized carbons (Fsp3) is 0.417. The number of aromatic amines is 1. The Labute approximate surface area is 111 Å². The first-order valence-corrected chi connectivity index (χ1v) is 5.96. The van der Waals surface area contributed by atoms with Crippen molar-refractivity contribution in [2.75, 3.05) is 19.0 Å². The lowest BCUT2D eigenvalue weighted by Gasteiger charge is -2.02. The molecule has 2 N–H and O–H groups in total. The van der Waals surface area contributed by atoms with E-state index < -0.39 is 0 Å². The third kappa shape index (κ3) is 3.00. The van der Waals surface area contributed by atoms with Crippen molar-refractivity contribution < 1.29 is 9.53 Å². The van der Waals surface area contributed by atoms with E-state index in [0.717, 1.165) is 5.69 Å². The Balaban J connectivity index is 2.05. The number of aryl methyl sites for hydroxylation is 2. The van der Waals surface area contributed by atoms with Gasteiger partial charge in [0.1, 0.15) is 0 Å². The lowest BCUT2D eigenvalue weighted by Crippen LogP contribution is -2.13. The van der Waals surface area contributed by atoms with Crippen LogP contribution >= 0.6 is 0 Å². The van der Waals surface area contributed by atoms with Crippen LogP contribution < -0.4 is 5.32 Å². The molecule has 7 nitrogen and oxygen atoms in total. The summed E-state index contributed by atoms with van der Waals surface area (Å²) in [5.41, 5.74) is 2.66. The van der Waals surface area contributed by atoms with Crippen LogP contribution in [0.25, 0.3) is 0 Å². The van der Waals surface area contributed by atoms with Gasteiger partial charge in [0.05, 0.1) is 36.3 Å². The number of amides is 1. The Bertz CT molecular complexity index is 553. The molecular weight excluding hydrogens is 246 g/mol. The minimum Gasteiger partial charge on any atom is -0.383 e. The molecule has 0 fully saturated rings. The number of hydrogen-bond acceptors (Lipinski definition) is 4. The number of nitrogens with one attached hydrogen (secondary N) is 2. The van der Waals surface area contributed by atoms with E-state index in [-0.39, 0.29) is 5.91 Å². The van der Waals surface area contributed by atoms with Crippen molar-refractivity contribution in [2.24, 2.45) is 0 Å². The average Bonchev–Trinajstić information content (AvgIpc) is 2.94. The summed E-state index contributed by atoms with van der Waals surface area (Å²) < 4.78 is 6.68. The van der Waals surface area contributed by atoms with Crippen LogP contribution in [0.5, 0.6) is 0 Å². The lowest BCUT2D eigenvalue weighted by molar-refractivity contribution is 0.102. The highest BCUT2D eigenvalue weighted by molar-refractivity contribution is 6.05. The van der Waals surface area contributed by atoms with Crippen molar-refractivity contribution in [3.8, 4) is 0 Å². The van der Waals surface area contributed by atoms with Crippen molar-refractivity contribution in [1.82, 2.24) is 20.0 Å². The Hall–Kier alpha value is -2.15. The smallest absolute Gasteiger partial charge is 0.259 e. The van der Waals surface area contributed by atoms with Gasteiger partial charge >= 0.3 is 0 Å². The van der Waals surface area contributed by atoms with E-state index in [4.69, 9.17) is 4.74 Å². The minimum absolute atomic E-state index is 0.185. The number of rotatable bonds is 5. The fourth-order valence-corrected chi connectivity index (χ4v) is 1.81. The molecule has 0 aliphatic rings. The van der Waals surface area contributed by atoms with E-state index in [1.165, 1.54) is 0 Å². The second-order valence-corrected chi connectivity index (χ2v) is 4.25. The van der Waals surface area contributed by atoms with Crippen LogP contribution in [0.1, 0.15) is 21.7 Å². The van der Waals surface area contributed by atoms with Crippen molar-refractivity contribution in [3.63, 3.8) is 0 Å². The predicted molar refractivity (Wildman–Crippen MR) is 70.1 cm³/mol. The first kappa shape index (κ1) is 13.3. The number of H-pyrrole nitrogens is 1. The summed E-state index contributed by atoms with van der Waals surface area (Å²) in [5, 5.41) is 13.7. The van der Waals surface area contributed by atoms with E-state index in [0.29, 0.717) is 30.1 Å². The second-order valence-electron chi connectivity index (χ2n) is 4.25. The molecule has 0 unspecified atom stereocenters. The van der Waals surface area contributed by atoms with Crippen molar-refractivity contribution in [3.05, 3.63) is 29.3 Å². The maximum Gasteiger partial charge on any atom is 0.259 e. The number of hydrogen-bond donors (Lipinski definition) is 2. The van der Waals surface area contributed by atoms with Gasteiger partial charge in [-0.1, -0.05) is 0 Å². The van der Waals surface area contributed by atoms with Crippen LogP contribution in [-0.4, -0.2) is 39.6 Å². The maximum absolute atomic E-state index is 12.1. The molecule has 2 aromatic heterocycles. The molecule has 0 bridgehead atoms. The summed E-state index contributed by atoms with van der Waals surface area (Å²) in [7, 11) is 1.64. The molecule has 0 radical (unpaired) electrons. The van der Waals surface area contributed by atoms with Gasteiger partial charge in [0.2, 0.25) is 0 Å². The SMILES string of the molecule is COCCn1cc(NC(=O)c2c(C)n[nH]c2C)cn1. The van der Waals surface area contributed by atoms with Gasteiger partial charge in [-0.3, -0.25) is 14.6 Å². The number of aromatic nitrogens is 4. The van der Waals surface area contributed by atoms with Gasteiger partial charge in [-0.05, 0) is 13.8 Å². The molecule has 0 saturated carbocycles. The zero-order chi connectivity index (χ0) is 13.8. The van der Waals surface area contributed by atoms with Crippen LogP contribution in [-0.2, 0) is 11.3 Å². The first-order chi connectivity index (χ1) is 9.11. The van der Waals surface area contributed by atoms with Crippen LogP contribution in [0, 0.1) is 13.8 Å². The van der Waals surface area contributed by atoms with Gasteiger partial charge in [0.15, 0.2) is 0 Å². The van der Waals surface area contributed by atoms with E-state index >= 15 is 0 Å². The molecule has 2 rings (SSSR count). The Morgan fingerprint density at radius 2 is 2.32 bits per heavy atom. The van der Waals surface area contributed by atoms with Crippen LogP contribution in [0.3, 0.4) is 0 Å². The van der Waals surface area contributed by atoms with Gasteiger partial charge in [0, 0.05) is 19.0 Å². The highest BCUT2D eigenvalue weighted by Crippen LogP contribution is 2.13. The molecule has 102 valence electrons. The molecule has 0 aliphatic heterocycles. The molecule has 0 atom stereocenters. The summed E-state index contributed by atoms with van der Waals surface area (Å²) in [6, 6.07) is 0. The quantitative estimate of drug-likeness (QED) is 0.846. The van der Waals surface area contributed by atoms with Crippen molar-refractivity contribution in [1.29, 1.82) is 0 Å². The maximum atomic E-state index is 12.1. The largest absolute Gasteiger partial charge is 0.383 e. The number of nitrogens with zero attached hydrogens (tertiary/aromatic N) is 3. The Kier molecular flexibility index (Phi) is 3.96. The van der Waals surface area contributed by atoms with Gasteiger partial charge in [-0.15, -0.1) is 0 Å². The molecule has 2 aromatic rings. The second kappa shape index (κ2) is 5.66. The van der Waals surface area contributed by atoms with Crippen LogP contribution in [0.15, 0.2) is 12.4 Å². The zero-order valence-electron chi connectivity index (χ0n) is 11.2. The zero-order valence-corrected chi connectivity index (χ0v) is 11.2. The van der Waals surface area contributed by atoms with E-state index in [9.17, 15) is 4.79 Å². The first-order valence-electron chi connectivity index (χ1n) is 5.96. The summed E-state index contributed by atoms with van der Waals surface area (Å²) in [5.74, 6) is -0.185. The standard InChI is InChI=1S/C12H17N5O2/c1-8-11(9(2)16-15-8)12(18)14-10-6-13-17(7-10)4-5-19-3/h6-7H,4-5H2,1-3H3,(H,14,18)(H,15,16). The summed E-state index contributed by atoms with van der Waals surface area (Å²) in [6.45, 7) is 4.84. The molecular formula is C12H17N5O2. The minimum atomic E-state index is -0.185. The molecule has 0 saturated heterocycles. The highest BCUT2D eigenvalue weighted by Gasteiger charge is 2.15. The molecule has 0 spiro atoms. The van der Waals surface area contributed by atoms with Gasteiger partial charge in [-0.2, -0.15) is 10.2 Å². The number of methoxy groups -OCH3 is 1. The molecule has 1 amide bonds. The Morgan fingerprint density at radius 1 is 1.53 bits per heavy atom.